The van der Waals surface area contributed by atoms with Crippen LogP contribution in [0, 0.1) is 17.8 Å². The van der Waals surface area contributed by atoms with E-state index in [1.807, 2.05) is 13.2 Å². The molecule has 3 unspecified atom stereocenters. The monoisotopic (exact) mass is 220 g/mol. The summed E-state index contributed by atoms with van der Waals surface area (Å²) in [6, 6.07) is 0.604. The number of rotatable bonds is 4. The van der Waals surface area contributed by atoms with Gasteiger partial charge >= 0.3 is 0 Å². The first kappa shape index (κ1) is 10.3. The Labute approximate surface area is 96.4 Å². The molecule has 2 fully saturated rings. The number of aryl methyl sites for hydroxylation is 1. The number of hydrogen-bond donors (Lipinski definition) is 1. The predicted octanol–water partition coefficient (Wildman–Crippen LogP) is 0.992. The lowest BCUT2D eigenvalue weighted by atomic mass is 10.0. The van der Waals surface area contributed by atoms with Crippen LogP contribution >= 0.6 is 0 Å². The zero-order valence-electron chi connectivity index (χ0n) is 10.1. The fourth-order valence-electron chi connectivity index (χ4n) is 3.62. The maximum absolute atomic E-state index is 4.18. The van der Waals surface area contributed by atoms with Crippen molar-refractivity contribution in [3.05, 3.63) is 11.9 Å². The third-order valence-electron chi connectivity index (χ3n) is 4.39. The molecule has 0 spiro atoms. The number of nitrogens with zero attached hydrogens (tertiary/aromatic N) is 3. The summed E-state index contributed by atoms with van der Waals surface area (Å²) in [6.45, 7) is 0. The number of hydrogen-bond acceptors (Lipinski definition) is 3. The minimum atomic E-state index is 0.604. The van der Waals surface area contributed by atoms with Gasteiger partial charge in [0.1, 0.15) is 0 Å². The second kappa shape index (κ2) is 3.84. The molecule has 0 aliphatic heterocycles. The van der Waals surface area contributed by atoms with Gasteiger partial charge in [0.15, 0.2) is 0 Å². The highest BCUT2D eigenvalue weighted by Gasteiger charge is 2.55. The van der Waals surface area contributed by atoms with Gasteiger partial charge in [0.25, 0.3) is 0 Å². The molecule has 0 aromatic carbocycles. The highest BCUT2D eigenvalue weighted by Crippen LogP contribution is 2.59. The molecule has 4 heteroatoms. The topological polar surface area (TPSA) is 42.7 Å². The van der Waals surface area contributed by atoms with Crippen LogP contribution in [0.1, 0.15) is 25.0 Å². The number of fused-ring (bicyclic) bond motifs is 1. The lowest BCUT2D eigenvalue weighted by Gasteiger charge is -2.16. The molecule has 1 aromatic heterocycles. The second-order valence-corrected chi connectivity index (χ2v) is 5.32. The van der Waals surface area contributed by atoms with Crippen molar-refractivity contribution in [2.24, 2.45) is 24.8 Å². The molecule has 88 valence electrons. The van der Waals surface area contributed by atoms with Crippen LogP contribution in [-0.2, 0) is 13.5 Å². The Morgan fingerprint density at radius 1 is 1.50 bits per heavy atom. The lowest BCUT2D eigenvalue weighted by Crippen LogP contribution is -2.31. The molecule has 0 saturated heterocycles. The van der Waals surface area contributed by atoms with Crippen LogP contribution in [0.3, 0.4) is 0 Å². The van der Waals surface area contributed by atoms with E-state index in [1.54, 1.807) is 4.68 Å². The molecule has 0 radical (unpaired) electrons. The van der Waals surface area contributed by atoms with Crippen molar-refractivity contribution in [3.8, 4) is 0 Å². The Morgan fingerprint density at radius 3 is 2.81 bits per heavy atom. The summed E-state index contributed by atoms with van der Waals surface area (Å²) in [5.41, 5.74) is 1.12. The van der Waals surface area contributed by atoms with E-state index in [1.165, 1.54) is 19.3 Å². The fraction of sp³-hybridized carbons (Fsp3) is 0.833. The van der Waals surface area contributed by atoms with E-state index in [4.69, 9.17) is 0 Å². The highest BCUT2D eigenvalue weighted by atomic mass is 15.4. The van der Waals surface area contributed by atoms with Gasteiger partial charge in [-0.3, -0.25) is 4.68 Å². The predicted molar refractivity (Wildman–Crippen MR) is 61.9 cm³/mol. The molecule has 2 aliphatic rings. The van der Waals surface area contributed by atoms with Gasteiger partial charge in [-0.1, -0.05) is 11.6 Å². The van der Waals surface area contributed by atoms with Gasteiger partial charge in [-0.05, 0) is 37.6 Å². The quantitative estimate of drug-likeness (QED) is 0.823. The molecule has 4 nitrogen and oxygen atoms in total. The normalized spacial score (nSPS) is 33.8. The van der Waals surface area contributed by atoms with Crippen molar-refractivity contribution in [2.75, 3.05) is 7.05 Å². The van der Waals surface area contributed by atoms with Gasteiger partial charge in [0.2, 0.25) is 0 Å². The Morgan fingerprint density at radius 2 is 2.25 bits per heavy atom. The first-order valence-corrected chi connectivity index (χ1v) is 6.32. The molecule has 1 heterocycles. The van der Waals surface area contributed by atoms with E-state index >= 15 is 0 Å². The Balaban J connectivity index is 1.64. The second-order valence-electron chi connectivity index (χ2n) is 5.32. The third kappa shape index (κ3) is 1.65. The van der Waals surface area contributed by atoms with Gasteiger partial charge in [-0.2, -0.15) is 0 Å². The highest BCUT2D eigenvalue weighted by molar-refractivity contribution is 5.09. The van der Waals surface area contributed by atoms with Crippen molar-refractivity contribution in [1.82, 2.24) is 20.3 Å². The van der Waals surface area contributed by atoms with Gasteiger partial charge < -0.3 is 5.32 Å². The largest absolute Gasteiger partial charge is 0.316 e. The summed E-state index contributed by atoms with van der Waals surface area (Å²) in [6.07, 6.45) is 7.42. The summed E-state index contributed by atoms with van der Waals surface area (Å²) in [5, 5.41) is 11.6. The summed E-state index contributed by atoms with van der Waals surface area (Å²) in [7, 11) is 4.01. The van der Waals surface area contributed by atoms with Gasteiger partial charge in [0, 0.05) is 25.7 Å². The van der Waals surface area contributed by atoms with Crippen LogP contribution in [0.5, 0.6) is 0 Å². The van der Waals surface area contributed by atoms with Crippen LogP contribution < -0.4 is 5.32 Å². The van der Waals surface area contributed by atoms with Gasteiger partial charge in [0.05, 0.1) is 5.69 Å². The third-order valence-corrected chi connectivity index (χ3v) is 4.39. The van der Waals surface area contributed by atoms with Crippen LogP contribution in [-0.4, -0.2) is 28.1 Å². The van der Waals surface area contributed by atoms with Crippen molar-refractivity contribution in [2.45, 2.75) is 31.7 Å². The smallest absolute Gasteiger partial charge is 0.0842 e. The van der Waals surface area contributed by atoms with Crippen LogP contribution in [0.2, 0.25) is 0 Å². The molecule has 2 saturated carbocycles. The average molecular weight is 220 g/mol. The molecule has 16 heavy (non-hydrogen) atoms. The molecular weight excluding hydrogens is 200 g/mol. The summed E-state index contributed by atoms with van der Waals surface area (Å²) in [4.78, 5) is 0. The minimum Gasteiger partial charge on any atom is -0.316 e. The number of likely N-dealkylation sites (N-methyl/N-ethyl adjacent to an activating group) is 1. The van der Waals surface area contributed by atoms with Crippen LogP contribution in [0.15, 0.2) is 6.20 Å². The van der Waals surface area contributed by atoms with Crippen molar-refractivity contribution < 1.29 is 0 Å². The van der Waals surface area contributed by atoms with Gasteiger partial charge in [-0.15, -0.1) is 5.10 Å². The van der Waals surface area contributed by atoms with E-state index < -0.39 is 0 Å². The molecule has 1 aromatic rings. The molecule has 3 rings (SSSR count). The van der Waals surface area contributed by atoms with E-state index in [9.17, 15) is 0 Å². The number of aromatic nitrogens is 3. The summed E-state index contributed by atoms with van der Waals surface area (Å²) in [5.74, 6) is 2.92. The van der Waals surface area contributed by atoms with Crippen LogP contribution in [0.4, 0.5) is 0 Å². The van der Waals surface area contributed by atoms with E-state index in [0.29, 0.717) is 6.04 Å². The van der Waals surface area contributed by atoms with Crippen molar-refractivity contribution in [1.29, 1.82) is 0 Å². The molecule has 1 N–H and O–H groups in total. The standard InChI is InChI=1S/C12H20N4/c1-13-11(6-8-7-16(2)15-14-8)12-9-4-3-5-10(9)12/h7,9-13H,3-6H2,1-2H3. The van der Waals surface area contributed by atoms with E-state index in [0.717, 1.165) is 29.9 Å². The SMILES string of the molecule is CNC(Cc1cn(C)nn1)C1C2CCCC21. The van der Waals surface area contributed by atoms with Crippen molar-refractivity contribution >= 4 is 0 Å². The fourth-order valence-corrected chi connectivity index (χ4v) is 3.62. The van der Waals surface area contributed by atoms with Gasteiger partial charge in [-0.25, -0.2) is 0 Å². The minimum absolute atomic E-state index is 0.604. The van der Waals surface area contributed by atoms with Crippen molar-refractivity contribution in [3.63, 3.8) is 0 Å². The molecule has 0 amide bonds. The number of nitrogens with one attached hydrogen (secondary N) is 1. The first-order chi connectivity index (χ1) is 7.79. The van der Waals surface area contributed by atoms with E-state index in [2.05, 4.69) is 22.7 Å². The lowest BCUT2D eigenvalue weighted by molar-refractivity contribution is 0.425. The zero-order chi connectivity index (χ0) is 11.1. The summed E-state index contributed by atoms with van der Waals surface area (Å²) < 4.78 is 1.79. The average Bonchev–Trinajstić information content (AvgIpc) is 2.70. The first-order valence-electron chi connectivity index (χ1n) is 6.32. The molecule has 2 aliphatic carbocycles. The molecule has 0 bridgehead atoms. The zero-order valence-corrected chi connectivity index (χ0v) is 10.1. The Kier molecular flexibility index (Phi) is 2.46. The Hall–Kier alpha value is -0.900. The van der Waals surface area contributed by atoms with E-state index in [-0.39, 0.29) is 0 Å². The summed E-state index contributed by atoms with van der Waals surface area (Å²) >= 11 is 0. The maximum atomic E-state index is 4.18. The molecular formula is C12H20N4. The molecule has 3 atom stereocenters. The maximum Gasteiger partial charge on any atom is 0.0842 e. The Bertz CT molecular complexity index is 363. The van der Waals surface area contributed by atoms with Crippen LogP contribution in [0.25, 0.3) is 0 Å².